The van der Waals surface area contributed by atoms with E-state index in [9.17, 15) is 5.11 Å². The van der Waals surface area contributed by atoms with E-state index in [0.717, 1.165) is 21.3 Å². The van der Waals surface area contributed by atoms with Gasteiger partial charge in [0.1, 0.15) is 5.75 Å². The molecule has 0 bridgehead atoms. The first-order chi connectivity index (χ1) is 12.2. The number of nitrogens with zero attached hydrogens (tertiary/aromatic N) is 1. The van der Waals surface area contributed by atoms with Gasteiger partial charge in [-0.2, -0.15) is 0 Å². The summed E-state index contributed by atoms with van der Waals surface area (Å²) in [6, 6.07) is 23.2. The van der Waals surface area contributed by atoms with E-state index in [1.807, 2.05) is 72.8 Å². The van der Waals surface area contributed by atoms with E-state index >= 15 is 0 Å². The normalized spacial score (nSPS) is 10.2. The molecule has 25 heavy (non-hydrogen) atoms. The van der Waals surface area contributed by atoms with E-state index in [-0.39, 0.29) is 5.75 Å². The van der Waals surface area contributed by atoms with Crippen molar-refractivity contribution in [3.8, 4) is 16.9 Å². The predicted molar refractivity (Wildman–Crippen MR) is 107 cm³/mol. The van der Waals surface area contributed by atoms with Crippen LogP contribution in [-0.4, -0.2) is 11.3 Å². The number of rotatable bonds is 3. The van der Waals surface area contributed by atoms with Gasteiger partial charge >= 0.3 is 35.6 Å². The van der Waals surface area contributed by atoms with Crippen molar-refractivity contribution in [1.29, 1.82) is 0 Å². The van der Waals surface area contributed by atoms with Gasteiger partial charge in [-0.1, -0.05) is 64.5 Å². The van der Waals surface area contributed by atoms with E-state index in [0.29, 0.717) is 5.56 Å². The van der Waals surface area contributed by atoms with Gasteiger partial charge in [0.15, 0.2) is 0 Å². The molecule has 0 spiro atoms. The summed E-state index contributed by atoms with van der Waals surface area (Å²) in [7, 11) is 9.78. The van der Waals surface area contributed by atoms with Gasteiger partial charge in [-0.25, -0.2) is 0 Å². The molecule has 2 nitrogen and oxygen atoms in total. The molecule has 0 aliphatic heterocycles. The SMILES string of the molecule is Oc1c(C=Nc2ccccc2)cc(Br)cc1-c1ccccc1.[Cl][Ti][Cl]. The van der Waals surface area contributed by atoms with Crippen LogP contribution in [0.15, 0.2) is 82.3 Å². The summed E-state index contributed by atoms with van der Waals surface area (Å²) in [6.07, 6.45) is 1.68. The molecule has 0 saturated heterocycles. The molecule has 0 aliphatic rings. The molecule has 6 heteroatoms. The van der Waals surface area contributed by atoms with E-state index in [4.69, 9.17) is 18.6 Å². The molecule has 0 saturated carbocycles. The van der Waals surface area contributed by atoms with Gasteiger partial charge in [0.05, 0.1) is 5.69 Å². The van der Waals surface area contributed by atoms with Gasteiger partial charge in [-0.3, -0.25) is 4.99 Å². The van der Waals surface area contributed by atoms with Gasteiger partial charge in [-0.05, 0) is 29.8 Å². The van der Waals surface area contributed by atoms with Crippen LogP contribution in [0.2, 0.25) is 0 Å². The zero-order valence-corrected chi connectivity index (χ0v) is 17.7. The second kappa shape index (κ2) is 10.8. The molecule has 0 radical (unpaired) electrons. The van der Waals surface area contributed by atoms with Crippen molar-refractivity contribution in [3.63, 3.8) is 0 Å². The van der Waals surface area contributed by atoms with Crippen LogP contribution in [0.25, 0.3) is 11.1 Å². The minimum atomic E-state index is -0.556. The van der Waals surface area contributed by atoms with Crippen molar-refractivity contribution >= 4 is 46.4 Å². The van der Waals surface area contributed by atoms with Crippen LogP contribution in [0.5, 0.6) is 5.75 Å². The number of aromatic hydroxyl groups is 1. The zero-order valence-electron chi connectivity index (χ0n) is 13.0. The van der Waals surface area contributed by atoms with Crippen LogP contribution in [0, 0.1) is 0 Å². The van der Waals surface area contributed by atoms with Crippen LogP contribution < -0.4 is 0 Å². The maximum atomic E-state index is 10.5. The first-order valence-corrected chi connectivity index (χ1v) is 12.4. The molecule has 3 rings (SSSR count). The Morgan fingerprint density at radius 1 is 0.920 bits per heavy atom. The zero-order chi connectivity index (χ0) is 18.1. The Bertz CT molecular complexity index is 830. The number of benzene rings is 3. The average molecular weight is 471 g/mol. The van der Waals surface area contributed by atoms with Crippen molar-refractivity contribution in [2.24, 2.45) is 4.99 Å². The third-order valence-electron chi connectivity index (χ3n) is 3.30. The molecule has 3 aromatic carbocycles. The molecule has 0 heterocycles. The predicted octanol–water partition coefficient (Wildman–Crippen LogP) is 6.95. The molecule has 0 fully saturated rings. The Kier molecular flexibility index (Phi) is 8.73. The Morgan fingerprint density at radius 2 is 1.48 bits per heavy atom. The number of hydrogen-bond acceptors (Lipinski definition) is 2. The van der Waals surface area contributed by atoms with Crippen molar-refractivity contribution in [1.82, 2.24) is 0 Å². The fraction of sp³-hybridized carbons (Fsp3) is 0. The van der Waals surface area contributed by atoms with Gasteiger partial charge < -0.3 is 5.11 Å². The van der Waals surface area contributed by atoms with E-state index in [2.05, 4.69) is 20.9 Å². The van der Waals surface area contributed by atoms with E-state index in [1.54, 1.807) is 6.21 Å². The standard InChI is InChI=1S/C19H14BrNO.2ClH.Ti/c20-16-11-15(13-21-17-9-5-2-6-10-17)19(22)18(12-16)14-7-3-1-4-8-14;;;/h1-13,22H;2*1H;/q;;;+2/p-2. The van der Waals surface area contributed by atoms with Crippen LogP contribution in [-0.2, 0) is 17.0 Å². The molecule has 0 aromatic heterocycles. The van der Waals surface area contributed by atoms with Gasteiger partial charge in [0.25, 0.3) is 0 Å². The third kappa shape index (κ3) is 6.29. The maximum absolute atomic E-state index is 10.5. The van der Waals surface area contributed by atoms with Crippen molar-refractivity contribution in [2.45, 2.75) is 0 Å². The third-order valence-corrected chi connectivity index (χ3v) is 3.76. The molecule has 3 aromatic rings. The number of phenols is 1. The van der Waals surface area contributed by atoms with Crippen molar-refractivity contribution in [3.05, 3.63) is 82.8 Å². The van der Waals surface area contributed by atoms with Crippen molar-refractivity contribution < 1.29 is 22.1 Å². The number of hydrogen-bond donors (Lipinski definition) is 1. The minimum absolute atomic E-state index is 0.231. The van der Waals surface area contributed by atoms with Gasteiger partial charge in [-0.15, -0.1) is 0 Å². The fourth-order valence-corrected chi connectivity index (χ4v) is 2.69. The Labute approximate surface area is 172 Å². The summed E-state index contributed by atoms with van der Waals surface area (Å²) in [6.45, 7) is 0. The molecule has 126 valence electrons. The van der Waals surface area contributed by atoms with Crippen LogP contribution in [0.3, 0.4) is 0 Å². The molecule has 0 unspecified atom stereocenters. The van der Waals surface area contributed by atoms with Gasteiger partial charge in [0, 0.05) is 21.8 Å². The number of para-hydroxylation sites is 1. The Morgan fingerprint density at radius 3 is 2.08 bits per heavy atom. The summed E-state index contributed by atoms with van der Waals surface area (Å²) in [4.78, 5) is 4.41. The molecular weight excluding hydrogens is 457 g/mol. The Balaban J connectivity index is 0.000000701. The first kappa shape index (κ1) is 20.2. The number of phenolic OH excluding ortho intramolecular Hbond substituents is 1. The summed E-state index contributed by atoms with van der Waals surface area (Å²) in [5.74, 6) is 0.231. The van der Waals surface area contributed by atoms with Crippen LogP contribution in [0.4, 0.5) is 5.69 Å². The fourth-order valence-electron chi connectivity index (χ4n) is 2.21. The second-order valence-corrected chi connectivity index (χ2v) is 8.42. The molecule has 1 N–H and O–H groups in total. The topological polar surface area (TPSA) is 32.6 Å². The Hall–Kier alpha value is -1.10. The quantitative estimate of drug-likeness (QED) is 0.326. The molecular formula is C19H14BrCl2NOTi. The molecule has 0 amide bonds. The van der Waals surface area contributed by atoms with E-state index < -0.39 is 17.0 Å². The first-order valence-electron chi connectivity index (χ1n) is 7.29. The number of aliphatic imine (C=N–C) groups is 1. The van der Waals surface area contributed by atoms with Crippen molar-refractivity contribution in [2.75, 3.05) is 0 Å². The van der Waals surface area contributed by atoms with Crippen LogP contribution in [0.1, 0.15) is 5.56 Å². The van der Waals surface area contributed by atoms with E-state index in [1.165, 1.54) is 0 Å². The summed E-state index contributed by atoms with van der Waals surface area (Å²) >= 11 is 2.94. The summed E-state index contributed by atoms with van der Waals surface area (Å²) < 4.78 is 0.902. The van der Waals surface area contributed by atoms with Gasteiger partial charge in [0.2, 0.25) is 0 Å². The summed E-state index contributed by atoms with van der Waals surface area (Å²) in [5.41, 5.74) is 3.28. The summed E-state index contributed by atoms with van der Waals surface area (Å²) in [5, 5.41) is 10.5. The average Bonchev–Trinajstić information content (AvgIpc) is 2.64. The monoisotopic (exact) mass is 469 g/mol. The molecule has 0 aliphatic carbocycles. The van der Waals surface area contributed by atoms with Crippen LogP contribution >= 0.6 is 34.5 Å². The number of halogens is 3. The molecule has 0 atom stereocenters. The second-order valence-electron chi connectivity index (χ2n) is 4.92.